The third-order valence-electron chi connectivity index (χ3n) is 4.59. The summed E-state index contributed by atoms with van der Waals surface area (Å²) in [7, 11) is 0. The summed E-state index contributed by atoms with van der Waals surface area (Å²) in [4.78, 5) is 52.4. The van der Waals surface area contributed by atoms with E-state index in [1.807, 2.05) is 10.8 Å². The number of thiophene rings is 2. The largest absolute Gasteiger partial charge is 2.00 e. The first kappa shape index (κ1) is 29.2. The van der Waals surface area contributed by atoms with Gasteiger partial charge in [0.05, 0.1) is 9.75 Å². The van der Waals surface area contributed by atoms with Crippen molar-refractivity contribution >= 4 is 70.0 Å². The Kier molecular flexibility index (Phi) is 11.4. The monoisotopic (exact) mass is 580 g/mol. The molecule has 0 aliphatic rings. The van der Waals surface area contributed by atoms with Gasteiger partial charge in [0, 0.05) is 21.7 Å². The van der Waals surface area contributed by atoms with E-state index in [2.05, 4.69) is 9.98 Å². The predicted molar refractivity (Wildman–Crippen MR) is 139 cm³/mol. The molecule has 4 aromatic rings. The van der Waals surface area contributed by atoms with Crippen molar-refractivity contribution in [2.45, 2.75) is 0 Å². The average molecular weight is 581 g/mol. The number of rotatable bonds is 8. The van der Waals surface area contributed by atoms with Crippen molar-refractivity contribution in [3.63, 3.8) is 0 Å². The van der Waals surface area contributed by atoms with Crippen LogP contribution in [0.3, 0.4) is 0 Å². The molecule has 6 N–H and O–H groups in total. The van der Waals surface area contributed by atoms with E-state index in [9.17, 15) is 19.2 Å². The first-order valence-electron chi connectivity index (χ1n) is 10.4. The number of hydrogen-bond donors (Lipinski definition) is 2. The van der Waals surface area contributed by atoms with E-state index in [4.69, 9.17) is 10.2 Å². The van der Waals surface area contributed by atoms with Gasteiger partial charge in [-0.1, -0.05) is 36.4 Å². The summed E-state index contributed by atoms with van der Waals surface area (Å²) >= 11 is 2.70. The zero-order valence-electron chi connectivity index (χ0n) is 19.0. The van der Waals surface area contributed by atoms with Crippen molar-refractivity contribution in [1.82, 2.24) is 0 Å². The van der Waals surface area contributed by atoms with Gasteiger partial charge < -0.3 is 10.2 Å². The minimum atomic E-state index is -0.782. The normalized spacial score (nSPS) is 10.4. The van der Waals surface area contributed by atoms with E-state index >= 15 is 0 Å². The van der Waals surface area contributed by atoms with Gasteiger partial charge in [-0.15, -0.1) is 22.7 Å². The molecule has 0 atom stereocenters. The molecule has 0 aliphatic heterocycles. The molecule has 0 amide bonds. The minimum Gasteiger partial charge on any atom is -0.561 e. The molecule has 11 heteroatoms. The van der Waals surface area contributed by atoms with Gasteiger partial charge in [-0.3, -0.25) is 9.59 Å². The molecule has 2 heterocycles. The van der Waals surface area contributed by atoms with Crippen LogP contribution in [0.1, 0.15) is 40.1 Å². The summed E-state index contributed by atoms with van der Waals surface area (Å²) in [6.45, 7) is 0. The minimum absolute atomic E-state index is 0. The van der Waals surface area contributed by atoms with Crippen molar-refractivity contribution in [3.8, 4) is 0 Å². The molecule has 2 aromatic heterocycles. The predicted octanol–water partition coefficient (Wildman–Crippen LogP) is 0.555. The summed E-state index contributed by atoms with van der Waals surface area (Å²) in [5, 5.41) is 17.9. The summed E-state index contributed by atoms with van der Waals surface area (Å²) in [6.07, 6.45) is 2.60. The standard InChI is InChI=1S/2C13H9NO3S.Ni/c2*15-11(12-6-3-7-18-12)8-14-10-5-2-1-4-9(10)13(16)17;/h2*1-8H,(H,16,17);/q;;+2/p+4. The molecular weight excluding hydrogens is 559 g/mol. The van der Waals surface area contributed by atoms with Crippen LogP contribution in [0.25, 0.3) is 0 Å². The Hall–Kier alpha value is -4.05. The zero-order valence-corrected chi connectivity index (χ0v) is 21.6. The molecular formula is C26H22N2NiO6S2+6. The maximum atomic E-state index is 11.7. The van der Waals surface area contributed by atoms with Gasteiger partial charge in [-0.2, -0.15) is 0 Å². The Morgan fingerprint density at radius 2 is 0.973 bits per heavy atom. The fourth-order valence-electron chi connectivity index (χ4n) is 2.88. The van der Waals surface area contributed by atoms with Crippen LogP contribution in [0.15, 0.2) is 83.6 Å². The molecule has 0 bridgehead atoms. The first-order valence-corrected chi connectivity index (χ1v) is 12.2. The van der Waals surface area contributed by atoms with Crippen LogP contribution in [0.5, 0.6) is 0 Å². The molecule has 2 aromatic carbocycles. The topological polar surface area (TPSA) is 142 Å². The van der Waals surface area contributed by atoms with E-state index in [0.717, 1.165) is 0 Å². The van der Waals surface area contributed by atoms with Crippen LogP contribution in [0.4, 0.5) is 11.4 Å². The fraction of sp³-hybridized carbons (Fsp3) is 0. The number of carbonyl (C=O) groups excluding carboxylic acids is 4. The van der Waals surface area contributed by atoms with Crippen LogP contribution < -0.4 is 9.98 Å². The van der Waals surface area contributed by atoms with Crippen molar-refractivity contribution in [2.24, 2.45) is 0 Å². The van der Waals surface area contributed by atoms with E-state index < -0.39 is 11.9 Å². The Bertz CT molecular complexity index is 1320. The summed E-state index contributed by atoms with van der Waals surface area (Å²) in [6, 6.07) is 20.3. The molecule has 0 saturated carbocycles. The average Bonchev–Trinajstić information content (AvgIpc) is 3.61. The van der Waals surface area contributed by atoms with Gasteiger partial charge in [0.2, 0.25) is 23.8 Å². The molecule has 0 unspecified atom stereocenters. The van der Waals surface area contributed by atoms with Crippen LogP contribution in [-0.4, -0.2) is 46.1 Å². The molecule has 37 heavy (non-hydrogen) atoms. The van der Waals surface area contributed by atoms with Crippen LogP contribution in [-0.2, 0) is 16.5 Å². The Morgan fingerprint density at radius 3 is 1.30 bits per heavy atom. The van der Waals surface area contributed by atoms with Crippen molar-refractivity contribution in [3.05, 3.63) is 104 Å². The van der Waals surface area contributed by atoms with Gasteiger partial charge in [0.15, 0.2) is 11.1 Å². The molecule has 0 radical (unpaired) electrons. The summed E-state index contributed by atoms with van der Waals surface area (Å²) < 4.78 is 0. The smallest absolute Gasteiger partial charge is 0.561 e. The maximum absolute atomic E-state index is 11.7. The Labute approximate surface area is 229 Å². The van der Waals surface area contributed by atoms with Crippen molar-refractivity contribution < 1.29 is 55.9 Å². The number of carbonyl (C=O) groups is 4. The molecule has 0 saturated heterocycles. The SMILES string of the molecule is O=C(C=[NH+]c1ccccc1C(=O)[OH2+])c1cccs1.O=C(C=[NH+]c1ccccc1C(=O)[OH2+])c1cccs1.[Ni+2]. The van der Waals surface area contributed by atoms with Gasteiger partial charge in [-0.25, -0.2) is 9.98 Å². The Morgan fingerprint density at radius 1 is 0.595 bits per heavy atom. The molecule has 0 fully saturated rings. The van der Waals surface area contributed by atoms with Crippen LogP contribution >= 0.6 is 22.7 Å². The van der Waals surface area contributed by atoms with Gasteiger partial charge >= 0.3 is 28.4 Å². The van der Waals surface area contributed by atoms with E-state index in [-0.39, 0.29) is 39.2 Å². The third-order valence-corrected chi connectivity index (χ3v) is 6.36. The maximum Gasteiger partial charge on any atom is 2.00 e. The van der Waals surface area contributed by atoms with E-state index in [0.29, 0.717) is 21.1 Å². The quantitative estimate of drug-likeness (QED) is 0.136. The fourth-order valence-corrected chi connectivity index (χ4v) is 4.15. The molecule has 0 spiro atoms. The summed E-state index contributed by atoms with van der Waals surface area (Å²) in [5.74, 6) is -1.88. The molecule has 4 rings (SSSR count). The molecule has 188 valence electrons. The van der Waals surface area contributed by atoms with Crippen molar-refractivity contribution in [2.75, 3.05) is 0 Å². The molecule has 0 aliphatic carbocycles. The Balaban J connectivity index is 0.000000253. The second-order valence-corrected chi connectivity index (χ2v) is 8.91. The molecule has 8 nitrogen and oxygen atoms in total. The van der Waals surface area contributed by atoms with Crippen LogP contribution in [0.2, 0.25) is 0 Å². The van der Waals surface area contributed by atoms with Gasteiger partial charge in [-0.05, 0) is 35.0 Å². The van der Waals surface area contributed by atoms with E-state index in [1.54, 1.807) is 72.8 Å². The zero-order chi connectivity index (χ0) is 25.9. The van der Waals surface area contributed by atoms with Crippen molar-refractivity contribution in [1.29, 1.82) is 0 Å². The van der Waals surface area contributed by atoms with Crippen LogP contribution in [0, 0.1) is 0 Å². The number of para-hydroxylation sites is 2. The first-order chi connectivity index (χ1) is 17.4. The summed E-state index contributed by atoms with van der Waals surface area (Å²) in [5.41, 5.74) is 1.41. The number of nitrogens with one attached hydrogen (secondary N) is 2. The number of ketones is 2. The van der Waals surface area contributed by atoms with Gasteiger partial charge in [0.1, 0.15) is 0 Å². The number of Topliss-reactive ketones (excluding diaryl/α,β-unsaturated/α-hetero) is 2. The second kappa shape index (κ2) is 14.5. The number of benzene rings is 2. The van der Waals surface area contributed by atoms with Gasteiger partial charge in [0.25, 0.3) is 11.6 Å². The van der Waals surface area contributed by atoms with E-state index in [1.165, 1.54) is 35.1 Å². The number of hydrogen-bond acceptors (Lipinski definition) is 6. The third kappa shape index (κ3) is 8.54. The second-order valence-electron chi connectivity index (χ2n) is 7.01.